The summed E-state index contributed by atoms with van der Waals surface area (Å²) in [6.07, 6.45) is 1.99. The molecule has 1 heterocycles. The Balaban J connectivity index is 2.29. The molecule has 0 spiro atoms. The molecular formula is C17H22N4O2. The number of benzene rings is 1. The summed E-state index contributed by atoms with van der Waals surface area (Å²) in [6, 6.07) is 9.42. The second kappa shape index (κ2) is 7.67. The quantitative estimate of drug-likeness (QED) is 0.736. The Labute approximate surface area is 136 Å². The van der Waals surface area contributed by atoms with Crippen LogP contribution in [0.1, 0.15) is 37.2 Å². The first kappa shape index (κ1) is 16.9. The zero-order chi connectivity index (χ0) is 16.8. The monoisotopic (exact) mass is 314 g/mol. The van der Waals surface area contributed by atoms with Crippen LogP contribution >= 0.6 is 0 Å². The maximum Gasteiger partial charge on any atom is 0.244 e. The summed E-state index contributed by atoms with van der Waals surface area (Å²) in [7, 11) is 1.78. The molecule has 0 atom stereocenters. The molecule has 0 aliphatic rings. The fourth-order valence-corrected chi connectivity index (χ4v) is 2.31. The second-order valence-electron chi connectivity index (χ2n) is 5.54. The lowest BCUT2D eigenvalue weighted by molar-refractivity contribution is -0.130. The van der Waals surface area contributed by atoms with E-state index in [1.165, 1.54) is 11.6 Å². The molecule has 0 fully saturated rings. The predicted octanol–water partition coefficient (Wildman–Crippen LogP) is 2.41. The lowest BCUT2D eigenvalue weighted by Gasteiger charge is -2.17. The van der Waals surface area contributed by atoms with Crippen molar-refractivity contribution in [1.82, 2.24) is 19.9 Å². The summed E-state index contributed by atoms with van der Waals surface area (Å²) in [5.74, 6) is -0.211. The van der Waals surface area contributed by atoms with Gasteiger partial charge in [-0.15, -0.1) is 5.10 Å². The minimum absolute atomic E-state index is 0.0457. The molecule has 0 aliphatic heterocycles. The van der Waals surface area contributed by atoms with Gasteiger partial charge in [-0.25, -0.2) is 4.68 Å². The Kier molecular flexibility index (Phi) is 5.62. The highest BCUT2D eigenvalue weighted by atomic mass is 16.2. The fourth-order valence-electron chi connectivity index (χ4n) is 2.31. The smallest absolute Gasteiger partial charge is 0.244 e. The third-order valence-electron chi connectivity index (χ3n) is 3.67. The van der Waals surface area contributed by atoms with Gasteiger partial charge in [-0.1, -0.05) is 48.9 Å². The Bertz CT molecular complexity index is 679. The number of carbonyl (C=O) groups excluding carboxylic acids is 2. The van der Waals surface area contributed by atoms with Gasteiger partial charge >= 0.3 is 0 Å². The molecule has 6 heteroatoms. The predicted molar refractivity (Wildman–Crippen MR) is 88.0 cm³/mol. The number of hydrogen-bond donors (Lipinski definition) is 0. The van der Waals surface area contributed by atoms with E-state index in [1.54, 1.807) is 11.9 Å². The number of unbranched alkanes of at least 4 members (excludes halogenated alkanes) is 1. The molecule has 0 saturated heterocycles. The van der Waals surface area contributed by atoms with Gasteiger partial charge in [0.2, 0.25) is 5.91 Å². The van der Waals surface area contributed by atoms with E-state index in [0.29, 0.717) is 17.9 Å². The minimum Gasteiger partial charge on any atom is -0.344 e. The highest BCUT2D eigenvalue weighted by Gasteiger charge is 2.20. The minimum atomic E-state index is -0.165. The maximum atomic E-state index is 12.3. The molecule has 1 amide bonds. The van der Waals surface area contributed by atoms with Crippen LogP contribution in [0.2, 0.25) is 0 Å². The average molecular weight is 314 g/mol. The maximum absolute atomic E-state index is 12.3. The zero-order valence-corrected chi connectivity index (χ0v) is 13.8. The molecular weight excluding hydrogens is 292 g/mol. The Hall–Kier alpha value is -2.50. The summed E-state index contributed by atoms with van der Waals surface area (Å²) in [4.78, 5) is 25.8. The fraction of sp³-hybridized carbons (Fsp3) is 0.412. The standard InChI is InChI=1S/C17H22N4O2/c1-4-5-11-20(3)15(23)12-21-17(14-9-7-6-8-10-14)16(13(2)22)18-19-21/h6-10H,4-5,11-12H2,1-3H3. The van der Waals surface area contributed by atoms with Crippen molar-refractivity contribution in [1.29, 1.82) is 0 Å². The van der Waals surface area contributed by atoms with Crippen molar-refractivity contribution in [3.05, 3.63) is 36.0 Å². The largest absolute Gasteiger partial charge is 0.344 e. The number of likely N-dealkylation sites (N-methyl/N-ethyl adjacent to an activating group) is 1. The van der Waals surface area contributed by atoms with E-state index >= 15 is 0 Å². The number of amides is 1. The first-order valence-electron chi connectivity index (χ1n) is 7.78. The lowest BCUT2D eigenvalue weighted by atomic mass is 10.1. The van der Waals surface area contributed by atoms with Crippen LogP contribution in [0.15, 0.2) is 30.3 Å². The zero-order valence-electron chi connectivity index (χ0n) is 13.8. The van der Waals surface area contributed by atoms with Gasteiger partial charge in [-0.05, 0) is 6.42 Å². The summed E-state index contributed by atoms with van der Waals surface area (Å²) in [5.41, 5.74) is 1.71. The summed E-state index contributed by atoms with van der Waals surface area (Å²) in [6.45, 7) is 4.33. The number of rotatable bonds is 7. The van der Waals surface area contributed by atoms with Gasteiger partial charge in [0.25, 0.3) is 0 Å². The van der Waals surface area contributed by atoms with E-state index in [2.05, 4.69) is 17.2 Å². The summed E-state index contributed by atoms with van der Waals surface area (Å²) in [5, 5.41) is 7.97. The van der Waals surface area contributed by atoms with Crippen LogP contribution in [-0.4, -0.2) is 45.2 Å². The van der Waals surface area contributed by atoms with Gasteiger partial charge in [0.15, 0.2) is 11.5 Å². The van der Waals surface area contributed by atoms with E-state index in [0.717, 1.165) is 18.4 Å². The second-order valence-corrected chi connectivity index (χ2v) is 5.54. The van der Waals surface area contributed by atoms with E-state index < -0.39 is 0 Å². The van der Waals surface area contributed by atoms with Gasteiger partial charge in [0.05, 0.1) is 0 Å². The Morgan fingerprint density at radius 2 is 1.91 bits per heavy atom. The molecule has 0 aliphatic carbocycles. The first-order chi connectivity index (χ1) is 11.0. The number of aromatic nitrogens is 3. The van der Waals surface area contributed by atoms with Gasteiger partial charge in [0, 0.05) is 26.1 Å². The van der Waals surface area contributed by atoms with Gasteiger partial charge in [0.1, 0.15) is 12.2 Å². The van der Waals surface area contributed by atoms with E-state index in [1.807, 2.05) is 30.3 Å². The number of Topliss-reactive ketones (excluding diaryl/α,β-unsaturated/α-hetero) is 1. The highest BCUT2D eigenvalue weighted by molar-refractivity contribution is 5.98. The van der Waals surface area contributed by atoms with Crippen LogP contribution in [-0.2, 0) is 11.3 Å². The molecule has 23 heavy (non-hydrogen) atoms. The van der Waals surface area contributed by atoms with Gasteiger partial charge in [-0.3, -0.25) is 9.59 Å². The molecule has 6 nitrogen and oxygen atoms in total. The van der Waals surface area contributed by atoms with Crippen molar-refractivity contribution in [2.75, 3.05) is 13.6 Å². The van der Waals surface area contributed by atoms with Crippen LogP contribution in [0.5, 0.6) is 0 Å². The molecule has 1 aromatic carbocycles. The number of ketones is 1. The molecule has 1 aromatic heterocycles. The molecule has 0 saturated carbocycles. The van der Waals surface area contributed by atoms with Crippen molar-refractivity contribution in [3.63, 3.8) is 0 Å². The summed E-state index contributed by atoms with van der Waals surface area (Å²) >= 11 is 0. The van der Waals surface area contributed by atoms with Crippen molar-refractivity contribution in [2.45, 2.75) is 33.2 Å². The van der Waals surface area contributed by atoms with Gasteiger partial charge in [-0.2, -0.15) is 0 Å². The third-order valence-corrected chi connectivity index (χ3v) is 3.67. The van der Waals surface area contributed by atoms with Crippen molar-refractivity contribution >= 4 is 11.7 Å². The summed E-state index contributed by atoms with van der Waals surface area (Å²) < 4.78 is 1.51. The van der Waals surface area contributed by atoms with Crippen LogP contribution in [0.3, 0.4) is 0 Å². The molecule has 2 aromatic rings. The lowest BCUT2D eigenvalue weighted by Crippen LogP contribution is -2.31. The van der Waals surface area contributed by atoms with Crippen molar-refractivity contribution < 1.29 is 9.59 Å². The van der Waals surface area contributed by atoms with Crippen LogP contribution in [0.25, 0.3) is 11.3 Å². The Morgan fingerprint density at radius 1 is 1.22 bits per heavy atom. The number of hydrogen-bond acceptors (Lipinski definition) is 4. The topological polar surface area (TPSA) is 68.1 Å². The molecule has 2 rings (SSSR count). The molecule has 122 valence electrons. The molecule has 0 radical (unpaired) electrons. The van der Waals surface area contributed by atoms with E-state index in [-0.39, 0.29) is 18.2 Å². The van der Waals surface area contributed by atoms with E-state index in [9.17, 15) is 9.59 Å². The number of carbonyl (C=O) groups is 2. The van der Waals surface area contributed by atoms with Gasteiger partial charge < -0.3 is 4.90 Å². The van der Waals surface area contributed by atoms with Crippen LogP contribution < -0.4 is 0 Å². The third kappa shape index (κ3) is 4.03. The van der Waals surface area contributed by atoms with E-state index in [4.69, 9.17) is 0 Å². The number of nitrogens with zero attached hydrogens (tertiary/aromatic N) is 4. The van der Waals surface area contributed by atoms with Crippen LogP contribution in [0, 0.1) is 0 Å². The van der Waals surface area contributed by atoms with Crippen molar-refractivity contribution in [2.24, 2.45) is 0 Å². The first-order valence-corrected chi connectivity index (χ1v) is 7.78. The Morgan fingerprint density at radius 3 is 2.52 bits per heavy atom. The van der Waals surface area contributed by atoms with Crippen LogP contribution in [0.4, 0.5) is 0 Å². The molecule has 0 N–H and O–H groups in total. The molecule has 0 unspecified atom stereocenters. The average Bonchev–Trinajstić information content (AvgIpc) is 2.97. The van der Waals surface area contributed by atoms with Crippen molar-refractivity contribution in [3.8, 4) is 11.3 Å². The normalized spacial score (nSPS) is 10.6. The molecule has 0 bridgehead atoms. The highest BCUT2D eigenvalue weighted by Crippen LogP contribution is 2.22. The SMILES string of the molecule is CCCCN(C)C(=O)Cn1nnc(C(C)=O)c1-c1ccccc1.